The largest absolute Gasteiger partial charge is 0.447 e. The summed E-state index contributed by atoms with van der Waals surface area (Å²) in [5, 5.41) is 12.6. The average molecular weight is 480 g/mol. The van der Waals surface area contributed by atoms with E-state index < -0.39 is 12.1 Å². The number of nitrogens with one attached hydrogen (secondary N) is 1. The molecule has 0 aromatic heterocycles. The van der Waals surface area contributed by atoms with Crippen molar-refractivity contribution in [2.45, 2.75) is 71.9 Å². The van der Waals surface area contributed by atoms with E-state index in [0.29, 0.717) is 38.6 Å². The number of aliphatic imine (C=N–C) groups is 1. The van der Waals surface area contributed by atoms with E-state index in [9.17, 15) is 14.9 Å². The van der Waals surface area contributed by atoms with E-state index in [1.54, 1.807) is 0 Å². The fourth-order valence-electron chi connectivity index (χ4n) is 4.02. The Bertz CT molecular complexity index is 737. The van der Waals surface area contributed by atoms with Crippen molar-refractivity contribution in [1.82, 2.24) is 15.1 Å². The minimum absolute atomic E-state index is 0.0869. The summed E-state index contributed by atoms with van der Waals surface area (Å²) in [6, 6.07) is -0.897. The molecule has 192 valence electrons. The zero-order valence-corrected chi connectivity index (χ0v) is 21.3. The molecule has 2 rings (SSSR count). The van der Waals surface area contributed by atoms with E-state index in [2.05, 4.69) is 39.2 Å². The Labute approximate surface area is 203 Å². The molecule has 34 heavy (non-hydrogen) atoms. The molecule has 0 spiro atoms. The van der Waals surface area contributed by atoms with Gasteiger partial charge in [-0.1, -0.05) is 40.5 Å². The number of nitrogens with zero attached hydrogens (tertiary/aromatic N) is 4. The second kappa shape index (κ2) is 13.5. The Balaban J connectivity index is 2.36. The summed E-state index contributed by atoms with van der Waals surface area (Å²) in [7, 11) is 1.53. The molecule has 10 heteroatoms. The van der Waals surface area contributed by atoms with E-state index >= 15 is 0 Å². The lowest BCUT2D eigenvalue weighted by Gasteiger charge is -2.35. The highest BCUT2D eigenvalue weighted by Crippen LogP contribution is 2.34. The molecule has 0 radical (unpaired) electrons. The highest BCUT2D eigenvalue weighted by molar-refractivity contribution is 5.96. The fraction of sp³-hybridized carbons (Fsp3) is 0.833. The second-order valence-corrected chi connectivity index (χ2v) is 9.92. The van der Waals surface area contributed by atoms with Gasteiger partial charge in [-0.2, -0.15) is 5.26 Å². The number of hydrogen-bond donors (Lipinski definition) is 1. The van der Waals surface area contributed by atoms with E-state index in [1.807, 2.05) is 4.90 Å². The number of nitriles is 1. The number of methoxy groups -OCH3 is 1. The maximum Gasteiger partial charge on any atom is 0.414 e. The number of morpholine rings is 1. The highest BCUT2D eigenvalue weighted by Gasteiger charge is 2.37. The number of alkyl carbamates (subject to hydrolysis) is 1. The van der Waals surface area contributed by atoms with Crippen molar-refractivity contribution in [1.29, 1.82) is 5.26 Å². The van der Waals surface area contributed by atoms with Crippen LogP contribution in [0.5, 0.6) is 0 Å². The number of carbonyl (C=O) groups is 2. The summed E-state index contributed by atoms with van der Waals surface area (Å²) in [6.45, 7) is 10.8. The van der Waals surface area contributed by atoms with Gasteiger partial charge in [-0.15, -0.1) is 0 Å². The van der Waals surface area contributed by atoms with Crippen LogP contribution in [-0.2, 0) is 19.0 Å². The number of ether oxygens (including phenoxy) is 3. The Morgan fingerprint density at radius 1 is 1.24 bits per heavy atom. The van der Waals surface area contributed by atoms with Gasteiger partial charge in [-0.25, -0.2) is 14.7 Å². The van der Waals surface area contributed by atoms with Gasteiger partial charge in [0.2, 0.25) is 5.96 Å². The van der Waals surface area contributed by atoms with Crippen molar-refractivity contribution in [3.63, 3.8) is 0 Å². The topological polar surface area (TPSA) is 116 Å². The molecule has 0 aromatic rings. The first-order valence-electron chi connectivity index (χ1n) is 12.3. The van der Waals surface area contributed by atoms with Gasteiger partial charge in [0.25, 0.3) is 5.91 Å². The van der Waals surface area contributed by atoms with Crippen LogP contribution < -0.4 is 5.32 Å². The molecule has 1 heterocycles. The number of guanidine groups is 1. The van der Waals surface area contributed by atoms with Crippen molar-refractivity contribution in [3.05, 3.63) is 0 Å². The van der Waals surface area contributed by atoms with Gasteiger partial charge >= 0.3 is 6.09 Å². The summed E-state index contributed by atoms with van der Waals surface area (Å²) >= 11 is 0. The first kappa shape index (κ1) is 27.9. The molecular formula is C24H41N5O5. The van der Waals surface area contributed by atoms with Gasteiger partial charge in [0, 0.05) is 26.2 Å². The van der Waals surface area contributed by atoms with Crippen molar-refractivity contribution in [2.75, 3.05) is 46.6 Å². The van der Waals surface area contributed by atoms with Crippen LogP contribution in [0.3, 0.4) is 0 Å². The van der Waals surface area contributed by atoms with Gasteiger partial charge < -0.3 is 19.1 Å². The van der Waals surface area contributed by atoms with Crippen LogP contribution in [0.1, 0.15) is 59.8 Å². The molecule has 1 atom stereocenters. The lowest BCUT2D eigenvalue weighted by atomic mass is 9.76. The lowest BCUT2D eigenvalue weighted by Crippen LogP contribution is -2.51. The van der Waals surface area contributed by atoms with Crippen LogP contribution in [0.15, 0.2) is 4.99 Å². The maximum atomic E-state index is 13.7. The minimum atomic E-state index is -0.810. The van der Waals surface area contributed by atoms with Gasteiger partial charge in [-0.05, 0) is 30.6 Å². The SMILES string of the molecule is COCCOC(=O)NC(=NC(CC(C)(C)C(C)C)C(=O)N(C#N)C1CCCC1)N1CCOCC1. The quantitative estimate of drug-likeness (QED) is 0.178. The average Bonchev–Trinajstić information content (AvgIpc) is 3.33. The summed E-state index contributed by atoms with van der Waals surface area (Å²) in [5.74, 6) is 0.246. The van der Waals surface area contributed by atoms with Crippen LogP contribution >= 0.6 is 0 Å². The van der Waals surface area contributed by atoms with Crippen LogP contribution in [-0.4, -0.2) is 86.5 Å². The highest BCUT2D eigenvalue weighted by atomic mass is 16.6. The first-order chi connectivity index (χ1) is 16.2. The number of amides is 2. The zero-order chi connectivity index (χ0) is 25.1. The molecule has 10 nitrogen and oxygen atoms in total. The molecule has 1 saturated carbocycles. The second-order valence-electron chi connectivity index (χ2n) is 9.92. The molecule has 1 aliphatic carbocycles. The first-order valence-corrected chi connectivity index (χ1v) is 12.3. The predicted octanol–water partition coefficient (Wildman–Crippen LogP) is 2.74. The molecule has 0 bridgehead atoms. The summed E-state index contributed by atoms with van der Waals surface area (Å²) in [5.41, 5.74) is -0.213. The molecule has 1 aliphatic heterocycles. The normalized spacial score (nSPS) is 18.5. The fourth-order valence-corrected chi connectivity index (χ4v) is 4.02. The standard InChI is InChI=1S/C24H41N5O5/c1-18(2)24(3,4)16-20(21(30)29(17-25)19-8-6-7-9-19)26-22(28-10-12-33-13-11-28)27-23(31)34-15-14-32-5/h18-20H,6-16H2,1-5H3,(H,26,27,31). The predicted molar refractivity (Wildman–Crippen MR) is 128 cm³/mol. The Kier molecular flexibility index (Phi) is 11.1. The van der Waals surface area contributed by atoms with Crippen LogP contribution in [0.4, 0.5) is 4.79 Å². The molecule has 2 fully saturated rings. The lowest BCUT2D eigenvalue weighted by molar-refractivity contribution is -0.132. The van der Waals surface area contributed by atoms with Crippen LogP contribution in [0.25, 0.3) is 0 Å². The molecule has 1 saturated heterocycles. The van der Waals surface area contributed by atoms with Crippen molar-refractivity contribution in [2.24, 2.45) is 16.3 Å². The molecular weight excluding hydrogens is 438 g/mol. The molecule has 1 unspecified atom stereocenters. The summed E-state index contributed by atoms with van der Waals surface area (Å²) in [4.78, 5) is 34.1. The minimum Gasteiger partial charge on any atom is -0.447 e. The maximum absolute atomic E-state index is 13.7. The third-order valence-corrected chi connectivity index (χ3v) is 6.93. The van der Waals surface area contributed by atoms with Gasteiger partial charge in [-0.3, -0.25) is 10.1 Å². The van der Waals surface area contributed by atoms with Gasteiger partial charge in [0.1, 0.15) is 12.6 Å². The Morgan fingerprint density at radius 2 is 1.88 bits per heavy atom. The van der Waals surface area contributed by atoms with Crippen molar-refractivity contribution >= 4 is 18.0 Å². The number of carbonyl (C=O) groups excluding carboxylic acids is 2. The monoisotopic (exact) mass is 479 g/mol. The molecule has 2 amide bonds. The summed E-state index contributed by atoms with van der Waals surface area (Å²) < 4.78 is 15.6. The van der Waals surface area contributed by atoms with Gasteiger partial charge in [0.15, 0.2) is 6.19 Å². The number of hydrogen-bond acceptors (Lipinski definition) is 7. The Morgan fingerprint density at radius 3 is 2.44 bits per heavy atom. The smallest absolute Gasteiger partial charge is 0.414 e. The van der Waals surface area contributed by atoms with Crippen LogP contribution in [0, 0.1) is 22.8 Å². The Hall–Kier alpha value is -2.38. The molecule has 1 N–H and O–H groups in total. The third-order valence-electron chi connectivity index (χ3n) is 6.93. The molecule has 2 aliphatic rings. The van der Waals surface area contributed by atoms with E-state index in [4.69, 9.17) is 19.2 Å². The van der Waals surface area contributed by atoms with Crippen molar-refractivity contribution < 1.29 is 23.8 Å². The van der Waals surface area contributed by atoms with E-state index in [-0.39, 0.29) is 36.5 Å². The van der Waals surface area contributed by atoms with Gasteiger partial charge in [0.05, 0.1) is 19.8 Å². The van der Waals surface area contributed by atoms with Crippen LogP contribution in [0.2, 0.25) is 0 Å². The molecule has 0 aromatic carbocycles. The van der Waals surface area contributed by atoms with Crippen molar-refractivity contribution in [3.8, 4) is 6.19 Å². The zero-order valence-electron chi connectivity index (χ0n) is 21.3. The third kappa shape index (κ3) is 8.13. The summed E-state index contributed by atoms with van der Waals surface area (Å²) in [6.07, 6.45) is 5.57. The van der Waals surface area contributed by atoms with E-state index in [0.717, 1.165) is 25.7 Å². The van der Waals surface area contributed by atoms with E-state index in [1.165, 1.54) is 12.0 Å². The number of rotatable bonds is 9.